The van der Waals surface area contributed by atoms with Gasteiger partial charge in [-0.2, -0.15) is 11.8 Å². The second-order valence-electron chi connectivity index (χ2n) is 5.17. The van der Waals surface area contributed by atoms with E-state index in [0.29, 0.717) is 6.04 Å². The summed E-state index contributed by atoms with van der Waals surface area (Å²) in [5, 5.41) is 4.30. The van der Waals surface area contributed by atoms with Crippen molar-refractivity contribution < 1.29 is 0 Å². The van der Waals surface area contributed by atoms with Crippen LogP contribution in [-0.4, -0.2) is 23.0 Å². The molecule has 1 saturated carbocycles. The lowest BCUT2D eigenvalue weighted by atomic mass is 10.0. The van der Waals surface area contributed by atoms with Gasteiger partial charge in [0.25, 0.3) is 0 Å². The molecule has 0 bridgehead atoms. The van der Waals surface area contributed by atoms with Crippen LogP contribution in [0.25, 0.3) is 0 Å². The summed E-state index contributed by atoms with van der Waals surface area (Å²) in [6.45, 7) is 2.04. The summed E-state index contributed by atoms with van der Waals surface area (Å²) < 4.78 is 0. The van der Waals surface area contributed by atoms with Gasteiger partial charge in [-0.05, 0) is 38.4 Å². The molecule has 1 unspecified atom stereocenters. The second-order valence-corrected chi connectivity index (χ2v) is 6.50. The Labute approximate surface area is 115 Å². The number of aryl methyl sites for hydroxylation is 1. The van der Waals surface area contributed by atoms with Gasteiger partial charge in [-0.25, -0.2) is 0 Å². The third-order valence-corrected chi connectivity index (χ3v) is 5.20. The maximum atomic E-state index is 4.39. The highest BCUT2D eigenvalue weighted by Crippen LogP contribution is 2.30. The van der Waals surface area contributed by atoms with E-state index in [2.05, 4.69) is 34.2 Å². The van der Waals surface area contributed by atoms with E-state index in [1.807, 2.05) is 20.2 Å². The lowest BCUT2D eigenvalue weighted by molar-refractivity contribution is 0.514. The quantitative estimate of drug-likeness (QED) is 0.877. The van der Waals surface area contributed by atoms with Crippen LogP contribution in [-0.2, 0) is 0 Å². The van der Waals surface area contributed by atoms with Crippen molar-refractivity contribution in [2.24, 2.45) is 0 Å². The molecule has 18 heavy (non-hydrogen) atoms. The molecule has 0 spiro atoms. The van der Waals surface area contributed by atoms with Crippen molar-refractivity contribution in [3.63, 3.8) is 0 Å². The highest BCUT2D eigenvalue weighted by Gasteiger charge is 2.17. The molecule has 1 N–H and O–H groups in total. The van der Waals surface area contributed by atoms with Gasteiger partial charge < -0.3 is 5.32 Å². The van der Waals surface area contributed by atoms with Crippen molar-refractivity contribution in [2.75, 3.05) is 12.8 Å². The Morgan fingerprint density at radius 3 is 2.72 bits per heavy atom. The fourth-order valence-corrected chi connectivity index (χ4v) is 3.99. The zero-order valence-corrected chi connectivity index (χ0v) is 12.3. The van der Waals surface area contributed by atoms with Crippen LogP contribution in [0.3, 0.4) is 0 Å². The van der Waals surface area contributed by atoms with E-state index in [4.69, 9.17) is 0 Å². The highest BCUT2D eigenvalue weighted by atomic mass is 32.2. The van der Waals surface area contributed by atoms with Crippen molar-refractivity contribution in [3.05, 3.63) is 29.6 Å². The summed E-state index contributed by atoms with van der Waals surface area (Å²) in [6, 6.07) is 4.74. The highest BCUT2D eigenvalue weighted by molar-refractivity contribution is 7.99. The van der Waals surface area contributed by atoms with Gasteiger partial charge >= 0.3 is 0 Å². The molecule has 2 nitrogen and oxygen atoms in total. The SMILES string of the molecule is CNC(CSC1CCCCC1)c1ccc(C)nc1. The molecule has 1 aromatic rings. The van der Waals surface area contributed by atoms with E-state index in [9.17, 15) is 0 Å². The number of rotatable bonds is 5. The van der Waals surface area contributed by atoms with Crippen LogP contribution >= 0.6 is 11.8 Å². The maximum Gasteiger partial charge on any atom is 0.0424 e. The topological polar surface area (TPSA) is 24.9 Å². The molecule has 2 rings (SSSR count). The maximum absolute atomic E-state index is 4.39. The number of hydrogen-bond donors (Lipinski definition) is 1. The molecular weight excluding hydrogens is 240 g/mol. The van der Waals surface area contributed by atoms with E-state index in [-0.39, 0.29) is 0 Å². The van der Waals surface area contributed by atoms with Crippen LogP contribution in [0.15, 0.2) is 18.3 Å². The summed E-state index contributed by atoms with van der Waals surface area (Å²) in [7, 11) is 2.05. The molecule has 0 amide bonds. The number of nitrogens with one attached hydrogen (secondary N) is 1. The smallest absolute Gasteiger partial charge is 0.0424 e. The number of thioether (sulfide) groups is 1. The van der Waals surface area contributed by atoms with Crippen LogP contribution < -0.4 is 5.32 Å². The zero-order valence-electron chi connectivity index (χ0n) is 11.5. The van der Waals surface area contributed by atoms with Crippen molar-refractivity contribution >= 4 is 11.8 Å². The van der Waals surface area contributed by atoms with Crippen LogP contribution in [0.5, 0.6) is 0 Å². The summed E-state index contributed by atoms with van der Waals surface area (Å²) in [5.74, 6) is 1.16. The molecular formula is C15H24N2S. The molecule has 1 heterocycles. The van der Waals surface area contributed by atoms with Gasteiger partial charge in [0, 0.05) is 28.9 Å². The monoisotopic (exact) mass is 264 g/mol. The van der Waals surface area contributed by atoms with E-state index >= 15 is 0 Å². The Kier molecular flexibility index (Phi) is 5.51. The van der Waals surface area contributed by atoms with Crippen molar-refractivity contribution in [1.29, 1.82) is 0 Å². The lowest BCUT2D eigenvalue weighted by Crippen LogP contribution is -2.21. The second kappa shape index (κ2) is 7.15. The molecule has 0 saturated heterocycles. The van der Waals surface area contributed by atoms with Gasteiger partial charge in [0.1, 0.15) is 0 Å². The number of pyridine rings is 1. The molecule has 0 aliphatic heterocycles. The van der Waals surface area contributed by atoms with Crippen molar-refractivity contribution in [3.8, 4) is 0 Å². The minimum absolute atomic E-state index is 0.435. The van der Waals surface area contributed by atoms with E-state index in [0.717, 1.165) is 16.7 Å². The Balaban J connectivity index is 1.86. The first-order chi connectivity index (χ1) is 8.79. The molecule has 1 aliphatic rings. The Hall–Kier alpha value is -0.540. The average Bonchev–Trinajstić information content (AvgIpc) is 2.42. The Morgan fingerprint density at radius 1 is 1.33 bits per heavy atom. The van der Waals surface area contributed by atoms with Crippen molar-refractivity contribution in [2.45, 2.75) is 50.3 Å². The van der Waals surface area contributed by atoms with E-state index in [1.165, 1.54) is 37.7 Å². The van der Waals surface area contributed by atoms with E-state index < -0.39 is 0 Å². The van der Waals surface area contributed by atoms with E-state index in [1.54, 1.807) is 0 Å². The van der Waals surface area contributed by atoms with Crippen LogP contribution in [0.2, 0.25) is 0 Å². The fraction of sp³-hybridized carbons (Fsp3) is 0.667. The molecule has 100 valence electrons. The number of nitrogens with zero attached hydrogens (tertiary/aromatic N) is 1. The van der Waals surface area contributed by atoms with Crippen LogP contribution in [0.1, 0.15) is 49.4 Å². The molecule has 0 radical (unpaired) electrons. The molecule has 0 aromatic carbocycles. The summed E-state index contributed by atoms with van der Waals surface area (Å²) in [4.78, 5) is 4.39. The molecule has 1 aromatic heterocycles. The lowest BCUT2D eigenvalue weighted by Gasteiger charge is -2.24. The van der Waals surface area contributed by atoms with Gasteiger partial charge in [-0.3, -0.25) is 4.98 Å². The summed E-state index contributed by atoms with van der Waals surface area (Å²) in [6.07, 6.45) is 9.12. The molecule has 1 fully saturated rings. The van der Waals surface area contributed by atoms with Crippen LogP contribution in [0, 0.1) is 6.92 Å². The molecule has 3 heteroatoms. The van der Waals surface area contributed by atoms with Crippen molar-refractivity contribution in [1.82, 2.24) is 10.3 Å². The zero-order chi connectivity index (χ0) is 12.8. The van der Waals surface area contributed by atoms with Gasteiger partial charge in [-0.1, -0.05) is 25.3 Å². The predicted octanol–water partition coefficient (Wildman–Crippen LogP) is 3.72. The minimum Gasteiger partial charge on any atom is -0.312 e. The number of aromatic nitrogens is 1. The first-order valence-corrected chi connectivity index (χ1v) is 8.06. The third-order valence-electron chi connectivity index (χ3n) is 3.74. The minimum atomic E-state index is 0.435. The molecule has 1 atom stereocenters. The summed E-state index contributed by atoms with van der Waals surface area (Å²) >= 11 is 2.14. The summed E-state index contributed by atoms with van der Waals surface area (Å²) in [5.41, 5.74) is 2.40. The van der Waals surface area contributed by atoms with Gasteiger partial charge in [0.05, 0.1) is 0 Å². The van der Waals surface area contributed by atoms with Gasteiger partial charge in [-0.15, -0.1) is 0 Å². The van der Waals surface area contributed by atoms with Gasteiger partial charge in [0.2, 0.25) is 0 Å². The number of hydrogen-bond acceptors (Lipinski definition) is 3. The normalized spacial score (nSPS) is 18.8. The standard InChI is InChI=1S/C15H24N2S/c1-12-8-9-13(10-17-12)15(16-2)11-18-14-6-4-3-5-7-14/h8-10,14-16H,3-7,11H2,1-2H3. The third kappa shape index (κ3) is 3.99. The fourth-order valence-electron chi connectivity index (χ4n) is 2.50. The van der Waals surface area contributed by atoms with Gasteiger partial charge in [0.15, 0.2) is 0 Å². The average molecular weight is 264 g/mol. The Morgan fingerprint density at radius 2 is 2.11 bits per heavy atom. The first-order valence-electron chi connectivity index (χ1n) is 7.01. The largest absolute Gasteiger partial charge is 0.312 e. The Bertz CT molecular complexity index is 344. The first kappa shape index (κ1) is 13.9. The molecule has 1 aliphatic carbocycles. The predicted molar refractivity (Wildman–Crippen MR) is 80.1 cm³/mol. The van der Waals surface area contributed by atoms with Crippen LogP contribution in [0.4, 0.5) is 0 Å².